The first-order chi connectivity index (χ1) is 13.5. The molecule has 1 aromatic carbocycles. The minimum absolute atomic E-state index is 0.0305. The van der Waals surface area contributed by atoms with E-state index >= 15 is 0 Å². The van der Waals surface area contributed by atoms with Gasteiger partial charge in [0.15, 0.2) is 0 Å². The van der Waals surface area contributed by atoms with Crippen molar-refractivity contribution < 1.29 is 18.7 Å². The fourth-order valence-electron chi connectivity index (χ4n) is 3.21. The maximum atomic E-state index is 13.1. The molecule has 2 heterocycles. The maximum absolute atomic E-state index is 13.1. The highest BCUT2D eigenvalue weighted by Gasteiger charge is 2.19. The molecule has 8 heteroatoms. The molecule has 28 heavy (non-hydrogen) atoms. The predicted molar refractivity (Wildman–Crippen MR) is 103 cm³/mol. The van der Waals surface area contributed by atoms with E-state index in [0.717, 1.165) is 35.5 Å². The summed E-state index contributed by atoms with van der Waals surface area (Å²) in [6.07, 6.45) is 3.29. The molecule has 2 aromatic rings. The van der Waals surface area contributed by atoms with E-state index in [-0.39, 0.29) is 11.9 Å². The van der Waals surface area contributed by atoms with E-state index in [1.165, 1.54) is 18.3 Å². The Kier molecular flexibility index (Phi) is 6.20. The monoisotopic (exact) mass is 386 g/mol. The summed E-state index contributed by atoms with van der Waals surface area (Å²) in [5.74, 6) is -1.88. The third kappa shape index (κ3) is 4.64. The molecule has 148 valence electrons. The number of hydrogen-bond acceptors (Lipinski definition) is 4. The quantitative estimate of drug-likeness (QED) is 0.468. The van der Waals surface area contributed by atoms with Crippen molar-refractivity contribution in [2.24, 2.45) is 5.10 Å². The van der Waals surface area contributed by atoms with Crippen molar-refractivity contribution in [3.8, 4) is 5.69 Å². The van der Waals surface area contributed by atoms with Crippen molar-refractivity contribution in [2.75, 3.05) is 13.2 Å². The van der Waals surface area contributed by atoms with Crippen LogP contribution in [0.4, 0.5) is 4.39 Å². The molecule has 2 amide bonds. The second kappa shape index (κ2) is 8.79. The molecule has 1 aromatic heterocycles. The third-order valence-electron chi connectivity index (χ3n) is 4.65. The summed E-state index contributed by atoms with van der Waals surface area (Å²) in [7, 11) is 0. The van der Waals surface area contributed by atoms with Gasteiger partial charge < -0.3 is 14.6 Å². The lowest BCUT2D eigenvalue weighted by atomic mass is 10.2. The van der Waals surface area contributed by atoms with Crippen LogP contribution in [-0.2, 0) is 14.3 Å². The van der Waals surface area contributed by atoms with Crippen LogP contribution >= 0.6 is 0 Å². The lowest BCUT2D eigenvalue weighted by Crippen LogP contribution is -2.41. The molecule has 1 aliphatic heterocycles. The van der Waals surface area contributed by atoms with Crippen LogP contribution in [0.2, 0.25) is 0 Å². The topological polar surface area (TPSA) is 84.7 Å². The van der Waals surface area contributed by atoms with Gasteiger partial charge in [0.25, 0.3) is 0 Å². The fourth-order valence-corrected chi connectivity index (χ4v) is 3.21. The minimum atomic E-state index is -0.832. The summed E-state index contributed by atoms with van der Waals surface area (Å²) in [4.78, 5) is 23.6. The number of carbonyl (C=O) groups excluding carboxylic acids is 2. The number of nitrogens with zero attached hydrogens (tertiary/aromatic N) is 2. The Hall–Kier alpha value is -3.00. The number of aryl methyl sites for hydroxylation is 1. The molecular weight excluding hydrogens is 363 g/mol. The van der Waals surface area contributed by atoms with Crippen LogP contribution in [-0.4, -0.2) is 41.9 Å². The molecule has 0 saturated carbocycles. The van der Waals surface area contributed by atoms with Crippen LogP contribution < -0.4 is 10.7 Å². The molecule has 1 atom stereocenters. The number of amides is 2. The number of hydrazone groups is 1. The van der Waals surface area contributed by atoms with Gasteiger partial charge in [-0.25, -0.2) is 9.82 Å². The average molecular weight is 386 g/mol. The van der Waals surface area contributed by atoms with Gasteiger partial charge in [0, 0.05) is 35.8 Å². The predicted octanol–water partition coefficient (Wildman–Crippen LogP) is 1.98. The van der Waals surface area contributed by atoms with Gasteiger partial charge in [-0.2, -0.15) is 5.10 Å². The van der Waals surface area contributed by atoms with Crippen molar-refractivity contribution in [2.45, 2.75) is 32.8 Å². The standard InChI is InChI=1S/C20H23FN4O3/c1-13-10-15(14(2)25(13)17-7-5-16(21)6-8-17)11-23-24-20(27)19(26)22-12-18-4-3-9-28-18/h5-8,10-11,18H,3-4,9,12H2,1-2H3,(H,22,26)(H,24,27)/b23-11-/t18-/m1/s1. The Morgan fingerprint density at radius 1 is 1.29 bits per heavy atom. The number of hydrogen-bond donors (Lipinski definition) is 2. The number of carbonyl (C=O) groups is 2. The zero-order valence-electron chi connectivity index (χ0n) is 15.9. The zero-order valence-corrected chi connectivity index (χ0v) is 15.9. The molecule has 0 radical (unpaired) electrons. The van der Waals surface area contributed by atoms with Gasteiger partial charge in [0.1, 0.15) is 5.82 Å². The largest absolute Gasteiger partial charge is 0.376 e. The zero-order chi connectivity index (χ0) is 20.1. The number of nitrogens with one attached hydrogen (secondary N) is 2. The van der Waals surface area contributed by atoms with Crippen molar-refractivity contribution in [1.29, 1.82) is 0 Å². The number of rotatable bonds is 5. The summed E-state index contributed by atoms with van der Waals surface area (Å²) in [6, 6.07) is 8.08. The molecule has 0 bridgehead atoms. The van der Waals surface area contributed by atoms with E-state index in [1.807, 2.05) is 24.5 Å². The average Bonchev–Trinajstić information content (AvgIpc) is 3.29. The molecule has 0 unspecified atom stereocenters. The molecular formula is C20H23FN4O3. The smallest absolute Gasteiger partial charge is 0.329 e. The van der Waals surface area contributed by atoms with Crippen LogP contribution in [0.25, 0.3) is 5.69 Å². The van der Waals surface area contributed by atoms with E-state index in [0.29, 0.717) is 13.2 Å². The summed E-state index contributed by atoms with van der Waals surface area (Å²) in [6.45, 7) is 4.82. The molecule has 1 aliphatic rings. The summed E-state index contributed by atoms with van der Waals surface area (Å²) in [5.41, 5.74) is 5.65. The highest BCUT2D eigenvalue weighted by atomic mass is 19.1. The molecule has 1 saturated heterocycles. The van der Waals surface area contributed by atoms with Crippen LogP contribution in [0.5, 0.6) is 0 Å². The van der Waals surface area contributed by atoms with Crippen molar-refractivity contribution in [3.63, 3.8) is 0 Å². The first kappa shape index (κ1) is 19.8. The number of ether oxygens (including phenoxy) is 1. The van der Waals surface area contributed by atoms with Gasteiger partial charge in [-0.1, -0.05) is 0 Å². The van der Waals surface area contributed by atoms with Crippen molar-refractivity contribution >= 4 is 18.0 Å². The van der Waals surface area contributed by atoms with Crippen LogP contribution in [0.3, 0.4) is 0 Å². The molecule has 1 fully saturated rings. The molecule has 2 N–H and O–H groups in total. The first-order valence-corrected chi connectivity index (χ1v) is 9.13. The minimum Gasteiger partial charge on any atom is -0.376 e. The Morgan fingerprint density at radius 2 is 2.04 bits per heavy atom. The van der Waals surface area contributed by atoms with Gasteiger partial charge in [-0.15, -0.1) is 0 Å². The van der Waals surface area contributed by atoms with Gasteiger partial charge in [-0.05, 0) is 57.0 Å². The third-order valence-corrected chi connectivity index (χ3v) is 4.65. The van der Waals surface area contributed by atoms with Gasteiger partial charge in [0.05, 0.1) is 12.3 Å². The maximum Gasteiger partial charge on any atom is 0.329 e. The van der Waals surface area contributed by atoms with E-state index < -0.39 is 11.8 Å². The highest BCUT2D eigenvalue weighted by molar-refractivity contribution is 6.35. The van der Waals surface area contributed by atoms with Gasteiger partial charge in [0.2, 0.25) is 0 Å². The number of halogens is 1. The lowest BCUT2D eigenvalue weighted by molar-refractivity contribution is -0.139. The van der Waals surface area contributed by atoms with Gasteiger partial charge >= 0.3 is 11.8 Å². The number of benzene rings is 1. The normalized spacial score (nSPS) is 16.5. The first-order valence-electron chi connectivity index (χ1n) is 9.13. The Bertz CT molecular complexity index is 884. The SMILES string of the molecule is Cc1cc(/C=N\NC(=O)C(=O)NC[C@H]2CCCO2)c(C)n1-c1ccc(F)cc1. The summed E-state index contributed by atoms with van der Waals surface area (Å²) < 4.78 is 20.5. The van der Waals surface area contributed by atoms with Crippen molar-refractivity contribution in [1.82, 2.24) is 15.3 Å². The molecule has 3 rings (SSSR count). The fraction of sp³-hybridized carbons (Fsp3) is 0.350. The summed E-state index contributed by atoms with van der Waals surface area (Å²) in [5, 5.41) is 6.41. The van der Waals surface area contributed by atoms with Crippen LogP contribution in [0, 0.1) is 19.7 Å². The second-order valence-corrected chi connectivity index (χ2v) is 6.68. The van der Waals surface area contributed by atoms with Gasteiger partial charge in [-0.3, -0.25) is 9.59 Å². The highest BCUT2D eigenvalue weighted by Crippen LogP contribution is 2.20. The molecule has 0 spiro atoms. The van der Waals surface area contributed by atoms with E-state index in [2.05, 4.69) is 15.8 Å². The second-order valence-electron chi connectivity index (χ2n) is 6.68. The summed E-state index contributed by atoms with van der Waals surface area (Å²) >= 11 is 0. The van der Waals surface area contributed by atoms with Crippen molar-refractivity contribution in [3.05, 3.63) is 53.1 Å². The van der Waals surface area contributed by atoms with Crippen LogP contribution in [0.15, 0.2) is 35.4 Å². The number of aromatic nitrogens is 1. The van der Waals surface area contributed by atoms with E-state index in [1.54, 1.807) is 12.1 Å². The van der Waals surface area contributed by atoms with E-state index in [4.69, 9.17) is 4.74 Å². The van der Waals surface area contributed by atoms with Crippen LogP contribution in [0.1, 0.15) is 29.8 Å². The molecule has 0 aliphatic carbocycles. The van der Waals surface area contributed by atoms with E-state index in [9.17, 15) is 14.0 Å². The molecule has 7 nitrogen and oxygen atoms in total. The Labute approximate surface area is 162 Å². The lowest BCUT2D eigenvalue weighted by Gasteiger charge is -2.09. The Balaban J connectivity index is 1.59. The Morgan fingerprint density at radius 3 is 2.71 bits per heavy atom.